The molecule has 1 aliphatic carbocycles. The lowest BCUT2D eigenvalue weighted by molar-refractivity contribution is -0.136. The predicted molar refractivity (Wildman–Crippen MR) is 95.4 cm³/mol. The van der Waals surface area contributed by atoms with Gasteiger partial charge in [-0.25, -0.2) is 0 Å². The van der Waals surface area contributed by atoms with Gasteiger partial charge in [0.15, 0.2) is 0 Å². The summed E-state index contributed by atoms with van der Waals surface area (Å²) in [4.78, 5) is 10.7. The molecule has 2 fully saturated rings. The zero-order chi connectivity index (χ0) is 18.8. The molecular weight excluding hydrogens is 346 g/mol. The van der Waals surface area contributed by atoms with Crippen molar-refractivity contribution in [2.45, 2.75) is 74.4 Å². The average Bonchev–Trinajstić information content (AvgIpc) is 2.54. The van der Waals surface area contributed by atoms with Crippen LogP contribution in [0.4, 0.5) is 0 Å². The van der Waals surface area contributed by atoms with Crippen LogP contribution in [0, 0.1) is 11.3 Å². The Morgan fingerprint density at radius 3 is 2.48 bits per heavy atom. The van der Waals surface area contributed by atoms with Gasteiger partial charge in [-0.05, 0) is 30.6 Å². The normalized spacial score (nSPS) is 41.4. The van der Waals surface area contributed by atoms with Crippen LogP contribution in [-0.4, -0.2) is 79.5 Å². The number of carboxylic acids is 1. The van der Waals surface area contributed by atoms with E-state index >= 15 is 0 Å². The van der Waals surface area contributed by atoms with E-state index in [2.05, 4.69) is 19.2 Å². The van der Waals surface area contributed by atoms with E-state index in [1.807, 2.05) is 0 Å². The third-order valence-electron chi connectivity index (χ3n) is 5.76. The molecule has 0 spiro atoms. The number of rotatable bonds is 6. The Morgan fingerprint density at radius 2 is 1.88 bits per heavy atom. The molecule has 2 rings (SSSR count). The summed E-state index contributed by atoms with van der Waals surface area (Å²) in [7, 11) is 0. The predicted octanol–water partition coefficient (Wildman–Crippen LogP) is -0.195. The van der Waals surface area contributed by atoms with Crippen LogP contribution in [0.5, 0.6) is 0 Å². The molecule has 1 saturated carbocycles. The van der Waals surface area contributed by atoms with Gasteiger partial charge >= 0.3 is 5.97 Å². The summed E-state index contributed by atoms with van der Waals surface area (Å²) < 4.78 is 0. The molecule has 0 bridgehead atoms. The van der Waals surface area contributed by atoms with Crippen molar-refractivity contribution < 1.29 is 30.3 Å². The number of aliphatic hydroxyl groups excluding tert-OH is 4. The molecule has 1 aliphatic heterocycles. The highest BCUT2D eigenvalue weighted by atomic mass is 32.2. The van der Waals surface area contributed by atoms with Crippen LogP contribution in [0.15, 0.2) is 0 Å². The molecule has 25 heavy (non-hydrogen) atoms. The second-order valence-corrected chi connectivity index (χ2v) is 9.39. The van der Waals surface area contributed by atoms with E-state index in [0.29, 0.717) is 6.54 Å². The van der Waals surface area contributed by atoms with Crippen LogP contribution >= 0.6 is 11.8 Å². The summed E-state index contributed by atoms with van der Waals surface area (Å²) in [5.41, 5.74) is 0.0216. The number of aliphatic carboxylic acids is 1. The van der Waals surface area contributed by atoms with Gasteiger partial charge in [0.25, 0.3) is 0 Å². The molecule has 2 unspecified atom stereocenters. The highest BCUT2D eigenvalue weighted by Crippen LogP contribution is 2.46. The Balaban J connectivity index is 2.04. The fourth-order valence-electron chi connectivity index (χ4n) is 4.00. The van der Waals surface area contributed by atoms with Crippen LogP contribution in [0.25, 0.3) is 0 Å². The van der Waals surface area contributed by atoms with Crippen molar-refractivity contribution in [3.8, 4) is 0 Å². The Morgan fingerprint density at radius 1 is 1.20 bits per heavy atom. The minimum atomic E-state index is -1.25. The molecule has 8 heteroatoms. The molecule has 1 saturated heterocycles. The molecule has 146 valence electrons. The maximum atomic E-state index is 10.7. The topological polar surface area (TPSA) is 130 Å². The maximum absolute atomic E-state index is 10.7. The van der Waals surface area contributed by atoms with E-state index in [0.717, 1.165) is 19.3 Å². The molecule has 0 aromatic rings. The smallest absolute Gasteiger partial charge is 0.304 e. The molecule has 7 atom stereocenters. The molecule has 0 radical (unpaired) electrons. The molecule has 6 N–H and O–H groups in total. The fourth-order valence-corrected chi connectivity index (χ4v) is 5.61. The third-order valence-corrected chi connectivity index (χ3v) is 7.52. The van der Waals surface area contributed by atoms with Crippen molar-refractivity contribution in [1.29, 1.82) is 0 Å². The van der Waals surface area contributed by atoms with Crippen LogP contribution in [0.1, 0.15) is 39.5 Å². The summed E-state index contributed by atoms with van der Waals surface area (Å²) in [6.45, 7) is 4.46. The Bertz CT molecular complexity index is 460. The van der Waals surface area contributed by atoms with Gasteiger partial charge in [-0.15, -0.1) is 11.8 Å². The van der Waals surface area contributed by atoms with Gasteiger partial charge in [0.1, 0.15) is 6.10 Å². The maximum Gasteiger partial charge on any atom is 0.304 e. The Labute approximate surface area is 152 Å². The van der Waals surface area contributed by atoms with Gasteiger partial charge in [-0.1, -0.05) is 13.8 Å². The van der Waals surface area contributed by atoms with E-state index in [1.165, 1.54) is 11.8 Å². The van der Waals surface area contributed by atoms with Crippen LogP contribution in [0.3, 0.4) is 0 Å². The summed E-state index contributed by atoms with van der Waals surface area (Å²) >= 11 is 1.36. The number of thioether (sulfide) groups is 1. The largest absolute Gasteiger partial charge is 0.481 e. The van der Waals surface area contributed by atoms with E-state index in [1.54, 1.807) is 0 Å². The van der Waals surface area contributed by atoms with Crippen molar-refractivity contribution >= 4 is 17.7 Å². The number of carboxylic acid groups (broad SMARTS) is 1. The SMILES string of the molecule is CC1(C)CCC([C@H]2S[C@@H](CO)[C@H](O)[C@H](O)[C@H]2O)CC1NCCC(=O)O. The summed E-state index contributed by atoms with van der Waals surface area (Å²) in [5, 5.41) is 51.4. The zero-order valence-electron chi connectivity index (χ0n) is 14.8. The minimum absolute atomic E-state index is 0.0216. The molecule has 0 aromatic heterocycles. The van der Waals surface area contributed by atoms with Crippen LogP contribution < -0.4 is 5.32 Å². The van der Waals surface area contributed by atoms with Gasteiger partial charge in [0, 0.05) is 17.8 Å². The van der Waals surface area contributed by atoms with Gasteiger partial charge in [0.05, 0.1) is 30.5 Å². The highest BCUT2D eigenvalue weighted by Gasteiger charge is 2.48. The van der Waals surface area contributed by atoms with Crippen molar-refractivity contribution in [1.82, 2.24) is 5.32 Å². The monoisotopic (exact) mass is 377 g/mol. The molecular formula is C17H31NO6S. The molecule has 2 aliphatic rings. The Hall–Kier alpha value is -0.380. The summed E-state index contributed by atoms with van der Waals surface area (Å²) in [6, 6.07) is 0.120. The molecule has 0 amide bonds. The molecule has 1 heterocycles. The van der Waals surface area contributed by atoms with Gasteiger partial charge in [0.2, 0.25) is 0 Å². The standard InChI is InChI=1S/C17H31NO6S/c1-17(2)5-3-9(7-11(17)18-6-4-12(20)21)16-15(24)14(23)13(22)10(8-19)25-16/h9-11,13-16,18-19,22-24H,3-8H2,1-2H3,(H,20,21)/t9?,10-,11?,13-,14-,15+,16+/m0/s1. The van der Waals surface area contributed by atoms with E-state index in [-0.39, 0.29) is 35.7 Å². The van der Waals surface area contributed by atoms with Crippen molar-refractivity contribution in [2.24, 2.45) is 11.3 Å². The number of aliphatic hydroxyl groups is 4. The van der Waals surface area contributed by atoms with E-state index in [9.17, 15) is 25.2 Å². The first-order chi connectivity index (χ1) is 11.7. The quantitative estimate of drug-likeness (QED) is 0.375. The molecule has 0 aromatic carbocycles. The molecule has 7 nitrogen and oxygen atoms in total. The lowest BCUT2D eigenvalue weighted by Crippen LogP contribution is -2.57. The first kappa shape index (κ1) is 20.9. The van der Waals surface area contributed by atoms with E-state index < -0.39 is 29.5 Å². The van der Waals surface area contributed by atoms with Crippen LogP contribution in [0.2, 0.25) is 0 Å². The van der Waals surface area contributed by atoms with Crippen molar-refractivity contribution in [3.63, 3.8) is 0 Å². The number of carbonyl (C=O) groups is 1. The van der Waals surface area contributed by atoms with Gasteiger partial charge in [-0.2, -0.15) is 0 Å². The second-order valence-electron chi connectivity index (χ2n) is 7.97. The summed E-state index contributed by atoms with van der Waals surface area (Å²) in [5.74, 6) is -0.703. The van der Waals surface area contributed by atoms with Crippen LogP contribution in [-0.2, 0) is 4.79 Å². The van der Waals surface area contributed by atoms with Gasteiger partial charge in [-0.3, -0.25) is 4.79 Å². The third kappa shape index (κ3) is 4.87. The summed E-state index contributed by atoms with van der Waals surface area (Å²) in [6.07, 6.45) is -0.775. The highest BCUT2D eigenvalue weighted by molar-refractivity contribution is 8.00. The number of hydrogen-bond donors (Lipinski definition) is 6. The van der Waals surface area contributed by atoms with Gasteiger partial charge < -0.3 is 30.8 Å². The lowest BCUT2D eigenvalue weighted by atomic mass is 9.67. The van der Waals surface area contributed by atoms with E-state index in [4.69, 9.17) is 5.11 Å². The fraction of sp³-hybridized carbons (Fsp3) is 0.941. The van der Waals surface area contributed by atoms with Crippen molar-refractivity contribution in [3.05, 3.63) is 0 Å². The van der Waals surface area contributed by atoms with Crippen molar-refractivity contribution in [2.75, 3.05) is 13.2 Å². The Kier molecular flexibility index (Phi) is 7.15. The minimum Gasteiger partial charge on any atom is -0.481 e. The lowest BCUT2D eigenvalue weighted by Gasteiger charge is -2.48. The second kappa shape index (κ2) is 8.54. The average molecular weight is 378 g/mol. The first-order valence-electron chi connectivity index (χ1n) is 8.93. The zero-order valence-corrected chi connectivity index (χ0v) is 15.7. The number of hydrogen-bond acceptors (Lipinski definition) is 7. The number of nitrogens with one attached hydrogen (secondary N) is 1. The first-order valence-corrected chi connectivity index (χ1v) is 9.87.